The van der Waals surface area contributed by atoms with Crippen LogP contribution in [0, 0.1) is 0 Å². The molecular formula is C11H26N4. The first-order valence-corrected chi connectivity index (χ1v) is 5.75. The fraction of sp³-hybridized carbons (Fsp3) is 1.00. The maximum absolute atomic E-state index is 5.96. The molecule has 1 atom stereocenters. The summed E-state index contributed by atoms with van der Waals surface area (Å²) in [6.07, 6.45) is 1.20. The third-order valence-corrected chi connectivity index (χ3v) is 3.60. The van der Waals surface area contributed by atoms with E-state index in [1.807, 2.05) is 0 Å². The monoisotopic (exact) mass is 214 g/mol. The second kappa shape index (κ2) is 5.25. The number of likely N-dealkylation sites (N-methyl/N-ethyl adjacent to an activating group) is 3. The van der Waals surface area contributed by atoms with Gasteiger partial charge in [0, 0.05) is 31.7 Å². The normalized spacial score (nSPS) is 28.2. The van der Waals surface area contributed by atoms with Gasteiger partial charge in [0.2, 0.25) is 0 Å². The fourth-order valence-electron chi connectivity index (χ4n) is 2.28. The summed E-state index contributed by atoms with van der Waals surface area (Å²) in [4.78, 5) is 7.04. The standard InChI is InChI=1S/C11H26N4/c1-13(2)7-8-15(4)11(9-12)5-6-14(3)10-11/h5-10,12H2,1-4H3. The number of likely N-dealkylation sites (tertiary alicyclic amines) is 1. The third kappa shape index (κ3) is 3.14. The van der Waals surface area contributed by atoms with Crippen molar-refractivity contribution in [2.45, 2.75) is 12.0 Å². The molecule has 4 nitrogen and oxygen atoms in total. The summed E-state index contributed by atoms with van der Waals surface area (Å²) in [5.74, 6) is 0. The van der Waals surface area contributed by atoms with Gasteiger partial charge in [-0.15, -0.1) is 0 Å². The fourth-order valence-corrected chi connectivity index (χ4v) is 2.28. The first-order valence-electron chi connectivity index (χ1n) is 5.75. The summed E-state index contributed by atoms with van der Waals surface area (Å²) in [6, 6.07) is 0. The minimum atomic E-state index is 0.213. The average Bonchev–Trinajstić information content (AvgIpc) is 2.57. The summed E-state index contributed by atoms with van der Waals surface area (Å²) < 4.78 is 0. The summed E-state index contributed by atoms with van der Waals surface area (Å²) in [7, 11) is 8.61. The zero-order valence-electron chi connectivity index (χ0n) is 10.7. The zero-order chi connectivity index (χ0) is 11.5. The lowest BCUT2D eigenvalue weighted by atomic mass is 9.97. The predicted octanol–water partition coefficient (Wildman–Crippen LogP) is -0.487. The Bertz CT molecular complexity index is 195. The van der Waals surface area contributed by atoms with Crippen LogP contribution in [0.15, 0.2) is 0 Å². The molecule has 1 heterocycles. The summed E-state index contributed by atoms with van der Waals surface area (Å²) in [6.45, 7) is 5.23. The largest absolute Gasteiger partial charge is 0.329 e. The quantitative estimate of drug-likeness (QED) is 0.670. The van der Waals surface area contributed by atoms with Crippen molar-refractivity contribution >= 4 is 0 Å². The molecule has 0 amide bonds. The maximum Gasteiger partial charge on any atom is 0.0467 e. The Kier molecular flexibility index (Phi) is 4.52. The van der Waals surface area contributed by atoms with E-state index < -0.39 is 0 Å². The predicted molar refractivity (Wildman–Crippen MR) is 65.1 cm³/mol. The molecule has 0 bridgehead atoms. The molecule has 1 fully saturated rings. The Morgan fingerprint density at radius 3 is 2.33 bits per heavy atom. The highest BCUT2D eigenvalue weighted by atomic mass is 15.3. The molecular weight excluding hydrogens is 188 g/mol. The number of nitrogens with two attached hydrogens (primary N) is 1. The molecule has 1 rings (SSSR count). The Balaban J connectivity index is 2.50. The van der Waals surface area contributed by atoms with Gasteiger partial charge in [-0.2, -0.15) is 0 Å². The van der Waals surface area contributed by atoms with Crippen LogP contribution in [0.1, 0.15) is 6.42 Å². The molecule has 0 aromatic rings. The molecule has 0 aromatic carbocycles. The van der Waals surface area contributed by atoms with Crippen LogP contribution in [0.3, 0.4) is 0 Å². The van der Waals surface area contributed by atoms with Crippen LogP contribution >= 0.6 is 0 Å². The Morgan fingerprint density at radius 2 is 1.93 bits per heavy atom. The minimum Gasteiger partial charge on any atom is -0.329 e. The van der Waals surface area contributed by atoms with Crippen molar-refractivity contribution in [2.75, 3.05) is 60.9 Å². The van der Waals surface area contributed by atoms with Crippen LogP contribution in [-0.2, 0) is 0 Å². The van der Waals surface area contributed by atoms with Crippen molar-refractivity contribution in [3.05, 3.63) is 0 Å². The summed E-state index contributed by atoms with van der Waals surface area (Å²) in [5, 5.41) is 0. The van der Waals surface area contributed by atoms with Crippen LogP contribution in [0.4, 0.5) is 0 Å². The lowest BCUT2D eigenvalue weighted by molar-refractivity contribution is 0.123. The van der Waals surface area contributed by atoms with Crippen LogP contribution in [0.25, 0.3) is 0 Å². The van der Waals surface area contributed by atoms with E-state index in [9.17, 15) is 0 Å². The molecule has 90 valence electrons. The highest BCUT2D eigenvalue weighted by molar-refractivity contribution is 4.98. The van der Waals surface area contributed by atoms with E-state index >= 15 is 0 Å². The number of nitrogens with zero attached hydrogens (tertiary/aromatic N) is 3. The molecule has 1 saturated heterocycles. The van der Waals surface area contributed by atoms with Crippen molar-refractivity contribution in [1.82, 2.24) is 14.7 Å². The Morgan fingerprint density at radius 1 is 1.27 bits per heavy atom. The highest BCUT2D eigenvalue weighted by Crippen LogP contribution is 2.24. The van der Waals surface area contributed by atoms with E-state index in [0.717, 1.165) is 26.2 Å². The molecule has 0 spiro atoms. The molecule has 15 heavy (non-hydrogen) atoms. The van der Waals surface area contributed by atoms with E-state index in [2.05, 4.69) is 42.9 Å². The van der Waals surface area contributed by atoms with Crippen LogP contribution in [0.5, 0.6) is 0 Å². The van der Waals surface area contributed by atoms with E-state index in [-0.39, 0.29) is 5.54 Å². The second-order valence-electron chi connectivity index (χ2n) is 5.14. The molecule has 0 saturated carbocycles. The SMILES string of the molecule is CN(C)CCN(C)C1(CN)CCN(C)C1. The highest BCUT2D eigenvalue weighted by Gasteiger charge is 2.38. The number of hydrogen-bond acceptors (Lipinski definition) is 4. The van der Waals surface area contributed by atoms with E-state index in [1.165, 1.54) is 13.0 Å². The molecule has 1 aliphatic heterocycles. The number of hydrogen-bond donors (Lipinski definition) is 1. The van der Waals surface area contributed by atoms with Crippen LogP contribution in [0.2, 0.25) is 0 Å². The molecule has 0 radical (unpaired) electrons. The zero-order valence-corrected chi connectivity index (χ0v) is 10.7. The molecule has 0 aliphatic carbocycles. The first kappa shape index (κ1) is 12.9. The second-order valence-corrected chi connectivity index (χ2v) is 5.14. The smallest absolute Gasteiger partial charge is 0.0467 e. The Hall–Kier alpha value is -0.160. The van der Waals surface area contributed by atoms with Crippen LogP contribution in [-0.4, -0.2) is 81.2 Å². The van der Waals surface area contributed by atoms with Crippen molar-refractivity contribution in [3.63, 3.8) is 0 Å². The van der Waals surface area contributed by atoms with E-state index in [4.69, 9.17) is 5.73 Å². The van der Waals surface area contributed by atoms with E-state index in [0.29, 0.717) is 0 Å². The van der Waals surface area contributed by atoms with E-state index in [1.54, 1.807) is 0 Å². The molecule has 4 heteroatoms. The summed E-state index contributed by atoms with van der Waals surface area (Å²) >= 11 is 0. The topological polar surface area (TPSA) is 35.7 Å². The molecule has 0 aromatic heterocycles. The van der Waals surface area contributed by atoms with Gasteiger partial charge in [-0.25, -0.2) is 0 Å². The van der Waals surface area contributed by atoms with Crippen molar-refractivity contribution in [1.29, 1.82) is 0 Å². The minimum absolute atomic E-state index is 0.213. The molecule has 1 unspecified atom stereocenters. The lowest BCUT2D eigenvalue weighted by Gasteiger charge is -2.38. The van der Waals surface area contributed by atoms with Crippen molar-refractivity contribution < 1.29 is 0 Å². The van der Waals surface area contributed by atoms with Gasteiger partial charge in [0.1, 0.15) is 0 Å². The molecule has 2 N–H and O–H groups in total. The Labute approximate surface area is 94.0 Å². The van der Waals surface area contributed by atoms with Gasteiger partial charge in [-0.3, -0.25) is 4.90 Å². The van der Waals surface area contributed by atoms with Gasteiger partial charge in [-0.05, 0) is 41.2 Å². The van der Waals surface area contributed by atoms with Gasteiger partial charge >= 0.3 is 0 Å². The third-order valence-electron chi connectivity index (χ3n) is 3.60. The average molecular weight is 214 g/mol. The maximum atomic E-state index is 5.96. The lowest BCUT2D eigenvalue weighted by Crippen LogP contribution is -2.55. The number of rotatable bonds is 5. The van der Waals surface area contributed by atoms with Crippen molar-refractivity contribution in [3.8, 4) is 0 Å². The molecule has 1 aliphatic rings. The van der Waals surface area contributed by atoms with Gasteiger partial charge in [-0.1, -0.05) is 0 Å². The van der Waals surface area contributed by atoms with Gasteiger partial charge in [0.05, 0.1) is 0 Å². The van der Waals surface area contributed by atoms with Gasteiger partial charge in [0.25, 0.3) is 0 Å². The van der Waals surface area contributed by atoms with Gasteiger partial charge < -0.3 is 15.5 Å². The van der Waals surface area contributed by atoms with Crippen LogP contribution < -0.4 is 5.73 Å². The van der Waals surface area contributed by atoms with Gasteiger partial charge in [0.15, 0.2) is 0 Å². The first-order chi connectivity index (χ1) is 7.00. The van der Waals surface area contributed by atoms with Crippen molar-refractivity contribution in [2.24, 2.45) is 5.73 Å². The summed E-state index contributed by atoms with van der Waals surface area (Å²) in [5.41, 5.74) is 6.17.